The number of rotatable bonds is 4. The van der Waals surface area contributed by atoms with Crippen molar-refractivity contribution in [3.8, 4) is 0 Å². The Balaban J connectivity index is 1.66. The summed E-state index contributed by atoms with van der Waals surface area (Å²) in [7, 11) is 0. The van der Waals surface area contributed by atoms with Gasteiger partial charge in [0.05, 0.1) is 0 Å². The standard InChI is InChI=1S/C15H21/c1-3-8-14(9-4-1)12-7-13-15-10-5-2-6-11-15/h1,3-4,8-9H,2,5-7,10-13H2. The Bertz CT molecular complexity index is 257. The van der Waals surface area contributed by atoms with Crippen molar-refractivity contribution >= 4 is 0 Å². The molecule has 0 spiro atoms. The summed E-state index contributed by atoms with van der Waals surface area (Å²) in [6.07, 6.45) is 11.1. The molecule has 0 atom stereocenters. The highest BCUT2D eigenvalue weighted by Gasteiger charge is 2.12. The van der Waals surface area contributed by atoms with Gasteiger partial charge in [-0.05, 0) is 43.6 Å². The van der Waals surface area contributed by atoms with E-state index in [2.05, 4.69) is 30.3 Å². The van der Waals surface area contributed by atoms with Gasteiger partial charge in [-0.2, -0.15) is 0 Å². The second-order valence-electron chi connectivity index (χ2n) is 4.65. The zero-order chi connectivity index (χ0) is 10.3. The summed E-state index contributed by atoms with van der Waals surface area (Å²) in [6, 6.07) is 10.9. The fourth-order valence-corrected chi connectivity index (χ4v) is 2.49. The van der Waals surface area contributed by atoms with Gasteiger partial charge in [-0.3, -0.25) is 0 Å². The van der Waals surface area contributed by atoms with Gasteiger partial charge in [-0.1, -0.05) is 49.6 Å². The van der Waals surface area contributed by atoms with E-state index in [-0.39, 0.29) is 0 Å². The minimum Gasteiger partial charge on any atom is -0.0622 e. The fraction of sp³-hybridized carbons (Fsp3) is 0.533. The van der Waals surface area contributed by atoms with E-state index in [1.54, 1.807) is 0 Å². The van der Waals surface area contributed by atoms with Crippen LogP contribution in [0.4, 0.5) is 0 Å². The van der Waals surface area contributed by atoms with Crippen LogP contribution in [0.15, 0.2) is 30.3 Å². The topological polar surface area (TPSA) is 0 Å². The zero-order valence-electron chi connectivity index (χ0n) is 9.54. The molecule has 1 aliphatic rings. The molecule has 0 heterocycles. The molecule has 0 unspecified atom stereocenters. The van der Waals surface area contributed by atoms with Crippen LogP contribution in [0.25, 0.3) is 0 Å². The predicted octanol–water partition coefficient (Wildman–Crippen LogP) is 4.55. The van der Waals surface area contributed by atoms with Crippen molar-refractivity contribution in [2.45, 2.75) is 51.4 Å². The van der Waals surface area contributed by atoms with E-state index in [0.717, 1.165) is 0 Å². The third-order valence-corrected chi connectivity index (χ3v) is 3.40. The largest absolute Gasteiger partial charge is 0.0622 e. The first-order valence-electron chi connectivity index (χ1n) is 6.32. The third kappa shape index (κ3) is 3.70. The van der Waals surface area contributed by atoms with Gasteiger partial charge in [-0.15, -0.1) is 0 Å². The lowest BCUT2D eigenvalue weighted by Crippen LogP contribution is -2.04. The quantitative estimate of drug-likeness (QED) is 0.670. The fourth-order valence-electron chi connectivity index (χ4n) is 2.49. The van der Waals surface area contributed by atoms with Gasteiger partial charge < -0.3 is 0 Å². The summed E-state index contributed by atoms with van der Waals surface area (Å²) >= 11 is 0. The van der Waals surface area contributed by atoms with Crippen molar-refractivity contribution < 1.29 is 0 Å². The first kappa shape index (κ1) is 10.7. The summed E-state index contributed by atoms with van der Waals surface area (Å²) in [5.41, 5.74) is 1.49. The summed E-state index contributed by atoms with van der Waals surface area (Å²) in [6.45, 7) is 0. The Kier molecular flexibility index (Phi) is 4.25. The van der Waals surface area contributed by atoms with Crippen molar-refractivity contribution in [2.75, 3.05) is 0 Å². The number of benzene rings is 1. The molecule has 1 aromatic rings. The zero-order valence-corrected chi connectivity index (χ0v) is 9.54. The predicted molar refractivity (Wildman–Crippen MR) is 65.7 cm³/mol. The molecule has 1 aromatic carbocycles. The van der Waals surface area contributed by atoms with Crippen LogP contribution in [0, 0.1) is 5.92 Å². The van der Waals surface area contributed by atoms with Gasteiger partial charge in [-0.25, -0.2) is 0 Å². The molecule has 0 heteroatoms. The lowest BCUT2D eigenvalue weighted by Gasteiger charge is -2.20. The molecular formula is C15H21. The van der Waals surface area contributed by atoms with Crippen LogP contribution in [0.5, 0.6) is 0 Å². The van der Waals surface area contributed by atoms with Gasteiger partial charge in [0, 0.05) is 0 Å². The van der Waals surface area contributed by atoms with Crippen LogP contribution >= 0.6 is 0 Å². The van der Waals surface area contributed by atoms with E-state index in [1.165, 1.54) is 56.9 Å². The lowest BCUT2D eigenvalue weighted by molar-refractivity contribution is 0.497. The van der Waals surface area contributed by atoms with Crippen molar-refractivity contribution in [1.29, 1.82) is 0 Å². The van der Waals surface area contributed by atoms with Crippen LogP contribution in [0.1, 0.15) is 50.5 Å². The molecule has 0 bridgehead atoms. The molecule has 0 nitrogen and oxygen atoms in total. The molecule has 1 fully saturated rings. The summed E-state index contributed by atoms with van der Waals surface area (Å²) in [5, 5.41) is 0. The molecule has 0 saturated heterocycles. The molecule has 0 aromatic heterocycles. The maximum Gasteiger partial charge on any atom is -0.0241 e. The van der Waals surface area contributed by atoms with Gasteiger partial charge in [0.1, 0.15) is 0 Å². The molecule has 81 valence electrons. The monoisotopic (exact) mass is 201 g/mol. The van der Waals surface area contributed by atoms with E-state index >= 15 is 0 Å². The molecule has 1 radical (unpaired) electrons. The van der Waals surface area contributed by atoms with Gasteiger partial charge in [0.25, 0.3) is 0 Å². The first-order valence-corrected chi connectivity index (χ1v) is 6.32. The molecular weight excluding hydrogens is 180 g/mol. The maximum atomic E-state index is 2.24. The third-order valence-electron chi connectivity index (χ3n) is 3.40. The molecule has 0 amide bonds. The summed E-state index contributed by atoms with van der Waals surface area (Å²) < 4.78 is 0. The van der Waals surface area contributed by atoms with Crippen molar-refractivity contribution in [2.24, 2.45) is 0 Å². The molecule has 1 saturated carbocycles. The second-order valence-corrected chi connectivity index (χ2v) is 4.65. The highest BCUT2D eigenvalue weighted by Crippen LogP contribution is 2.29. The minimum atomic E-state index is 1.25. The highest BCUT2D eigenvalue weighted by atomic mass is 14.2. The van der Waals surface area contributed by atoms with Crippen LogP contribution < -0.4 is 0 Å². The van der Waals surface area contributed by atoms with Crippen LogP contribution in [-0.4, -0.2) is 0 Å². The van der Waals surface area contributed by atoms with Crippen LogP contribution in [0.2, 0.25) is 0 Å². The van der Waals surface area contributed by atoms with Crippen molar-refractivity contribution in [3.63, 3.8) is 0 Å². The van der Waals surface area contributed by atoms with E-state index < -0.39 is 0 Å². The lowest BCUT2D eigenvalue weighted by atomic mass is 9.85. The molecule has 15 heavy (non-hydrogen) atoms. The second kappa shape index (κ2) is 5.95. The van der Waals surface area contributed by atoms with Gasteiger partial charge in [0.15, 0.2) is 0 Å². The van der Waals surface area contributed by atoms with Crippen LogP contribution in [0.3, 0.4) is 0 Å². The smallest absolute Gasteiger partial charge is 0.0241 e. The van der Waals surface area contributed by atoms with Gasteiger partial charge in [0.2, 0.25) is 0 Å². The normalized spacial score (nSPS) is 17.9. The van der Waals surface area contributed by atoms with E-state index in [4.69, 9.17) is 0 Å². The Morgan fingerprint density at radius 1 is 0.800 bits per heavy atom. The average molecular weight is 201 g/mol. The number of hydrogen-bond donors (Lipinski definition) is 0. The number of aryl methyl sites for hydroxylation is 1. The average Bonchev–Trinajstić information content (AvgIpc) is 2.32. The first-order chi connectivity index (χ1) is 7.45. The Hall–Kier alpha value is -0.780. The SMILES string of the molecule is c1ccc(CCC[C]2CCCCC2)cc1. The maximum absolute atomic E-state index is 2.24. The van der Waals surface area contributed by atoms with E-state index in [1.807, 2.05) is 5.92 Å². The number of hydrogen-bond acceptors (Lipinski definition) is 0. The van der Waals surface area contributed by atoms with Crippen LogP contribution in [-0.2, 0) is 6.42 Å². The molecule has 1 aliphatic carbocycles. The van der Waals surface area contributed by atoms with E-state index in [9.17, 15) is 0 Å². The molecule has 0 N–H and O–H groups in total. The van der Waals surface area contributed by atoms with Crippen molar-refractivity contribution in [3.05, 3.63) is 41.8 Å². The summed E-state index contributed by atoms with van der Waals surface area (Å²) in [4.78, 5) is 0. The Morgan fingerprint density at radius 3 is 2.27 bits per heavy atom. The molecule has 0 aliphatic heterocycles. The minimum absolute atomic E-state index is 1.25. The van der Waals surface area contributed by atoms with E-state index in [0.29, 0.717) is 0 Å². The highest BCUT2D eigenvalue weighted by molar-refractivity contribution is 5.14. The summed E-state index contributed by atoms with van der Waals surface area (Å²) in [5.74, 6) is 1.83. The Labute approximate surface area is 93.7 Å². The van der Waals surface area contributed by atoms with Crippen molar-refractivity contribution in [1.82, 2.24) is 0 Å². The van der Waals surface area contributed by atoms with Gasteiger partial charge >= 0.3 is 0 Å². The molecule has 2 rings (SSSR count). The Morgan fingerprint density at radius 2 is 1.53 bits per heavy atom.